The summed E-state index contributed by atoms with van der Waals surface area (Å²) in [7, 11) is 3.82. The average Bonchev–Trinajstić information content (AvgIpc) is 3.07. The SMILES string of the molecule is CCO[C@H]1Cc2ccccc2[C@H]1Nc1nc(-c2ccc(Cl)cc2Cl)c(N)nc1N(C)C. The van der Waals surface area contributed by atoms with Gasteiger partial charge in [0.1, 0.15) is 5.69 Å². The van der Waals surface area contributed by atoms with Gasteiger partial charge in [-0.1, -0.05) is 47.5 Å². The zero-order valence-corrected chi connectivity index (χ0v) is 19.2. The smallest absolute Gasteiger partial charge is 0.173 e. The highest BCUT2D eigenvalue weighted by atomic mass is 35.5. The molecule has 2 aromatic carbocycles. The molecule has 0 bridgehead atoms. The molecule has 0 amide bonds. The van der Waals surface area contributed by atoms with Gasteiger partial charge in [0.25, 0.3) is 0 Å². The summed E-state index contributed by atoms with van der Waals surface area (Å²) in [6, 6.07) is 13.5. The molecule has 1 aliphatic carbocycles. The number of halogens is 2. The van der Waals surface area contributed by atoms with Crippen LogP contribution in [0.3, 0.4) is 0 Å². The number of nitrogens with one attached hydrogen (secondary N) is 1. The highest BCUT2D eigenvalue weighted by molar-refractivity contribution is 6.36. The molecular formula is C23H25Cl2N5O. The number of anilines is 3. The van der Waals surface area contributed by atoms with E-state index in [1.165, 1.54) is 11.1 Å². The van der Waals surface area contributed by atoms with E-state index in [0.717, 1.165) is 6.42 Å². The number of rotatable bonds is 6. The van der Waals surface area contributed by atoms with E-state index in [2.05, 4.69) is 28.5 Å². The van der Waals surface area contributed by atoms with Gasteiger partial charge >= 0.3 is 0 Å². The molecule has 0 aliphatic heterocycles. The molecule has 6 nitrogen and oxygen atoms in total. The maximum atomic E-state index is 6.43. The molecule has 2 atom stereocenters. The van der Waals surface area contributed by atoms with Crippen LogP contribution in [0.15, 0.2) is 42.5 Å². The topological polar surface area (TPSA) is 76.3 Å². The lowest BCUT2D eigenvalue weighted by Crippen LogP contribution is -2.27. The Morgan fingerprint density at radius 2 is 1.94 bits per heavy atom. The summed E-state index contributed by atoms with van der Waals surface area (Å²) in [5, 5.41) is 4.60. The maximum absolute atomic E-state index is 6.43. The predicted octanol–water partition coefficient (Wildman–Crippen LogP) is 5.21. The third-order valence-electron chi connectivity index (χ3n) is 5.37. The van der Waals surface area contributed by atoms with E-state index < -0.39 is 0 Å². The maximum Gasteiger partial charge on any atom is 0.173 e. The second-order valence-electron chi connectivity index (χ2n) is 7.67. The number of nitrogens with zero attached hydrogens (tertiary/aromatic N) is 3. The Balaban J connectivity index is 1.79. The summed E-state index contributed by atoms with van der Waals surface area (Å²) < 4.78 is 6.06. The molecule has 1 aromatic heterocycles. The molecule has 1 aliphatic rings. The van der Waals surface area contributed by atoms with Gasteiger partial charge < -0.3 is 20.7 Å². The molecule has 8 heteroatoms. The van der Waals surface area contributed by atoms with E-state index in [1.807, 2.05) is 32.0 Å². The van der Waals surface area contributed by atoms with Crippen LogP contribution in [0.1, 0.15) is 24.1 Å². The highest BCUT2D eigenvalue weighted by Gasteiger charge is 2.34. The zero-order valence-electron chi connectivity index (χ0n) is 17.7. The van der Waals surface area contributed by atoms with Crippen LogP contribution in [0, 0.1) is 0 Å². The van der Waals surface area contributed by atoms with Gasteiger partial charge in [-0.25, -0.2) is 9.97 Å². The van der Waals surface area contributed by atoms with Crippen molar-refractivity contribution < 1.29 is 4.74 Å². The van der Waals surface area contributed by atoms with Crippen LogP contribution in [0.2, 0.25) is 10.0 Å². The fraction of sp³-hybridized carbons (Fsp3) is 0.304. The number of nitrogen functional groups attached to an aromatic ring is 1. The summed E-state index contributed by atoms with van der Waals surface area (Å²) in [6.45, 7) is 2.64. The molecule has 162 valence electrons. The lowest BCUT2D eigenvalue weighted by molar-refractivity contribution is 0.0573. The first-order valence-corrected chi connectivity index (χ1v) is 10.9. The lowest BCUT2D eigenvalue weighted by atomic mass is 10.1. The van der Waals surface area contributed by atoms with Gasteiger partial charge in [0.15, 0.2) is 17.5 Å². The first kappa shape index (κ1) is 21.7. The Labute approximate surface area is 192 Å². The van der Waals surface area contributed by atoms with E-state index in [-0.39, 0.29) is 12.1 Å². The Kier molecular flexibility index (Phi) is 6.23. The normalized spacial score (nSPS) is 17.5. The van der Waals surface area contributed by atoms with E-state index in [1.54, 1.807) is 18.2 Å². The minimum absolute atomic E-state index is 0.000616. The number of benzene rings is 2. The van der Waals surface area contributed by atoms with Crippen molar-refractivity contribution in [3.05, 3.63) is 63.6 Å². The highest BCUT2D eigenvalue weighted by Crippen LogP contribution is 2.39. The molecule has 0 saturated heterocycles. The predicted molar refractivity (Wildman–Crippen MR) is 128 cm³/mol. The monoisotopic (exact) mass is 457 g/mol. The van der Waals surface area contributed by atoms with Crippen molar-refractivity contribution in [3.63, 3.8) is 0 Å². The fourth-order valence-electron chi connectivity index (χ4n) is 3.97. The minimum Gasteiger partial charge on any atom is -0.382 e. The zero-order chi connectivity index (χ0) is 22.1. The molecule has 3 N–H and O–H groups in total. The quantitative estimate of drug-likeness (QED) is 0.528. The van der Waals surface area contributed by atoms with Gasteiger partial charge in [-0.15, -0.1) is 0 Å². The molecule has 31 heavy (non-hydrogen) atoms. The van der Waals surface area contributed by atoms with Crippen molar-refractivity contribution in [2.75, 3.05) is 36.7 Å². The van der Waals surface area contributed by atoms with Crippen molar-refractivity contribution in [3.8, 4) is 11.3 Å². The van der Waals surface area contributed by atoms with Crippen LogP contribution in [-0.4, -0.2) is 36.8 Å². The van der Waals surface area contributed by atoms with E-state index in [0.29, 0.717) is 45.4 Å². The summed E-state index contributed by atoms with van der Waals surface area (Å²) in [5.74, 6) is 1.56. The molecule has 0 unspecified atom stereocenters. The molecule has 3 aromatic rings. The Morgan fingerprint density at radius 1 is 1.16 bits per heavy atom. The van der Waals surface area contributed by atoms with Gasteiger partial charge in [0.05, 0.1) is 17.2 Å². The van der Waals surface area contributed by atoms with Crippen molar-refractivity contribution >= 4 is 40.7 Å². The summed E-state index contributed by atoms with van der Waals surface area (Å²) in [6.07, 6.45) is 0.844. The Bertz CT molecular complexity index is 1110. The summed E-state index contributed by atoms with van der Waals surface area (Å²) in [5.41, 5.74) is 9.95. The van der Waals surface area contributed by atoms with Crippen LogP contribution in [0.25, 0.3) is 11.3 Å². The Hall–Kier alpha value is -2.54. The third kappa shape index (κ3) is 4.28. The van der Waals surface area contributed by atoms with Crippen molar-refractivity contribution in [2.45, 2.75) is 25.5 Å². The molecule has 0 fully saturated rings. The number of ether oxygens (including phenoxy) is 1. The van der Waals surface area contributed by atoms with Crippen molar-refractivity contribution in [2.24, 2.45) is 0 Å². The first-order valence-electron chi connectivity index (χ1n) is 10.1. The lowest BCUT2D eigenvalue weighted by Gasteiger charge is -2.25. The molecule has 4 rings (SSSR count). The van der Waals surface area contributed by atoms with Gasteiger partial charge in [0.2, 0.25) is 0 Å². The number of hydrogen-bond acceptors (Lipinski definition) is 6. The standard InChI is InChI=1S/C23H25Cl2N5O/c1-4-31-18-11-13-7-5-6-8-15(13)19(18)27-22-23(30(2)3)29-21(26)20(28-22)16-10-9-14(24)12-17(16)25/h5-10,12,18-19H,4,11H2,1-3H3,(H2,26,29)(H,27,28)/t18-,19+/m0/s1. The molecule has 0 radical (unpaired) electrons. The van der Waals surface area contributed by atoms with Gasteiger partial charge in [0, 0.05) is 37.7 Å². The first-order chi connectivity index (χ1) is 14.9. The molecule has 0 spiro atoms. The van der Waals surface area contributed by atoms with Crippen molar-refractivity contribution in [1.82, 2.24) is 9.97 Å². The van der Waals surface area contributed by atoms with Crippen molar-refractivity contribution in [1.29, 1.82) is 0 Å². The summed E-state index contributed by atoms with van der Waals surface area (Å²) in [4.78, 5) is 11.4. The van der Waals surface area contributed by atoms with Crippen LogP contribution in [0.5, 0.6) is 0 Å². The molecular weight excluding hydrogens is 433 g/mol. The number of nitrogens with two attached hydrogens (primary N) is 1. The van der Waals surface area contributed by atoms with Gasteiger partial charge in [-0.3, -0.25) is 0 Å². The fourth-order valence-corrected chi connectivity index (χ4v) is 4.47. The second-order valence-corrected chi connectivity index (χ2v) is 8.51. The van der Waals surface area contributed by atoms with E-state index >= 15 is 0 Å². The van der Waals surface area contributed by atoms with E-state index in [4.69, 9.17) is 38.7 Å². The molecule has 1 heterocycles. The minimum atomic E-state index is -0.0543. The summed E-state index contributed by atoms with van der Waals surface area (Å²) >= 11 is 12.5. The van der Waals surface area contributed by atoms with Crippen LogP contribution < -0.4 is 16.0 Å². The van der Waals surface area contributed by atoms with Crippen LogP contribution in [-0.2, 0) is 11.2 Å². The largest absolute Gasteiger partial charge is 0.382 e. The van der Waals surface area contributed by atoms with E-state index in [9.17, 15) is 0 Å². The second kappa shape index (κ2) is 8.91. The van der Waals surface area contributed by atoms with Gasteiger partial charge in [-0.05, 0) is 36.2 Å². The third-order valence-corrected chi connectivity index (χ3v) is 5.92. The number of fused-ring (bicyclic) bond motifs is 1. The molecule has 0 saturated carbocycles. The average molecular weight is 458 g/mol. The number of hydrogen-bond donors (Lipinski definition) is 2. The Morgan fingerprint density at radius 3 is 2.65 bits per heavy atom. The van der Waals surface area contributed by atoms with Gasteiger partial charge in [-0.2, -0.15) is 0 Å². The van der Waals surface area contributed by atoms with Crippen LogP contribution in [0.4, 0.5) is 17.5 Å². The number of aromatic nitrogens is 2. The van der Waals surface area contributed by atoms with Crippen LogP contribution >= 0.6 is 23.2 Å².